The summed E-state index contributed by atoms with van der Waals surface area (Å²) in [5.74, 6) is 0.444. The molecule has 1 rings (SSSR count). The second kappa shape index (κ2) is 7.23. The van der Waals surface area contributed by atoms with E-state index in [9.17, 15) is 0 Å². The molecule has 1 aromatic rings. The van der Waals surface area contributed by atoms with Gasteiger partial charge in [0.15, 0.2) is 8.32 Å². The third-order valence-electron chi connectivity index (χ3n) is 4.24. The van der Waals surface area contributed by atoms with Crippen molar-refractivity contribution in [2.24, 2.45) is 0 Å². The Morgan fingerprint density at radius 1 is 1.25 bits per heavy atom. The van der Waals surface area contributed by atoms with E-state index in [1.807, 2.05) is 0 Å². The lowest BCUT2D eigenvalue weighted by Crippen LogP contribution is -2.40. The molecular formula is C17H27IOSi. The SMILES string of the molecule is CC(/C(I)=C\CO[Si](C)(C)C(C)(C)C)c1ccccc1. The Labute approximate surface area is 139 Å². The Balaban J connectivity index is 2.63. The molecule has 1 atom stereocenters. The molecule has 0 amide bonds. The quantitative estimate of drug-likeness (QED) is 0.425. The van der Waals surface area contributed by atoms with Crippen molar-refractivity contribution in [3.05, 3.63) is 45.6 Å². The van der Waals surface area contributed by atoms with Crippen molar-refractivity contribution in [1.29, 1.82) is 0 Å². The minimum Gasteiger partial charge on any atom is -0.413 e. The van der Waals surface area contributed by atoms with Gasteiger partial charge in [-0.3, -0.25) is 0 Å². The molecule has 0 saturated carbocycles. The Bertz CT molecular complexity index is 446. The highest BCUT2D eigenvalue weighted by molar-refractivity contribution is 14.1. The molecule has 0 radical (unpaired) electrons. The van der Waals surface area contributed by atoms with Crippen LogP contribution in [0.25, 0.3) is 0 Å². The Morgan fingerprint density at radius 2 is 1.80 bits per heavy atom. The topological polar surface area (TPSA) is 9.23 Å². The van der Waals surface area contributed by atoms with Crippen molar-refractivity contribution < 1.29 is 4.43 Å². The van der Waals surface area contributed by atoms with Crippen LogP contribution in [0.15, 0.2) is 40.0 Å². The molecule has 0 aliphatic rings. The molecule has 0 aromatic heterocycles. The monoisotopic (exact) mass is 402 g/mol. The second-order valence-electron chi connectivity index (χ2n) is 6.79. The van der Waals surface area contributed by atoms with Crippen LogP contribution in [0.2, 0.25) is 18.1 Å². The van der Waals surface area contributed by atoms with Crippen LogP contribution in [-0.4, -0.2) is 14.9 Å². The van der Waals surface area contributed by atoms with E-state index in [1.54, 1.807) is 0 Å². The first-order chi connectivity index (χ1) is 9.15. The minimum atomic E-state index is -1.63. The summed E-state index contributed by atoms with van der Waals surface area (Å²) in [6, 6.07) is 10.6. The molecule has 20 heavy (non-hydrogen) atoms. The van der Waals surface area contributed by atoms with Gasteiger partial charge in [-0.2, -0.15) is 0 Å². The first kappa shape index (κ1) is 17.9. The van der Waals surface area contributed by atoms with Gasteiger partial charge in [0, 0.05) is 5.92 Å². The largest absolute Gasteiger partial charge is 0.413 e. The lowest BCUT2D eigenvalue weighted by atomic mass is 10.0. The molecule has 1 aromatic carbocycles. The molecular weight excluding hydrogens is 375 g/mol. The zero-order chi connectivity index (χ0) is 15.4. The van der Waals surface area contributed by atoms with Crippen molar-refractivity contribution in [3.63, 3.8) is 0 Å². The van der Waals surface area contributed by atoms with Gasteiger partial charge in [0.1, 0.15) is 0 Å². The highest BCUT2D eigenvalue weighted by Crippen LogP contribution is 2.36. The van der Waals surface area contributed by atoms with E-state index >= 15 is 0 Å². The van der Waals surface area contributed by atoms with Gasteiger partial charge in [-0.15, -0.1) is 0 Å². The molecule has 0 heterocycles. The summed E-state index contributed by atoms with van der Waals surface area (Å²) in [5.41, 5.74) is 1.36. The zero-order valence-electron chi connectivity index (χ0n) is 13.5. The van der Waals surface area contributed by atoms with Crippen LogP contribution in [0.1, 0.15) is 39.2 Å². The molecule has 1 nitrogen and oxygen atoms in total. The van der Waals surface area contributed by atoms with Crippen LogP contribution < -0.4 is 0 Å². The fraction of sp³-hybridized carbons (Fsp3) is 0.529. The fourth-order valence-corrected chi connectivity index (χ4v) is 3.10. The molecule has 0 spiro atoms. The maximum Gasteiger partial charge on any atom is 0.192 e. The molecule has 0 N–H and O–H groups in total. The minimum absolute atomic E-state index is 0.275. The summed E-state index contributed by atoms with van der Waals surface area (Å²) in [6.45, 7) is 14.4. The second-order valence-corrected chi connectivity index (χ2v) is 12.8. The number of hydrogen-bond acceptors (Lipinski definition) is 1. The van der Waals surface area contributed by atoms with Crippen molar-refractivity contribution >= 4 is 30.9 Å². The van der Waals surface area contributed by atoms with Crippen LogP contribution in [0.4, 0.5) is 0 Å². The van der Waals surface area contributed by atoms with Gasteiger partial charge >= 0.3 is 0 Å². The van der Waals surface area contributed by atoms with Crippen LogP contribution in [0.3, 0.4) is 0 Å². The normalized spacial score (nSPS) is 15.2. The maximum atomic E-state index is 6.21. The van der Waals surface area contributed by atoms with Gasteiger partial charge in [-0.05, 0) is 49.9 Å². The number of rotatable bonds is 5. The molecule has 0 fully saturated rings. The molecule has 0 bridgehead atoms. The van der Waals surface area contributed by atoms with E-state index in [0.717, 1.165) is 6.61 Å². The standard InChI is InChI=1S/C17H27IOSi/c1-14(15-10-8-7-9-11-15)16(18)12-13-19-20(5,6)17(2,3)4/h7-12,14H,13H2,1-6H3/b16-12+. The zero-order valence-corrected chi connectivity index (χ0v) is 16.7. The lowest BCUT2D eigenvalue weighted by Gasteiger charge is -2.35. The van der Waals surface area contributed by atoms with Gasteiger partial charge in [0.25, 0.3) is 0 Å². The first-order valence-corrected chi connectivity index (χ1v) is 11.2. The number of hydrogen-bond donors (Lipinski definition) is 0. The number of benzene rings is 1. The Hall–Kier alpha value is -0.133. The van der Waals surface area contributed by atoms with Crippen LogP contribution >= 0.6 is 22.6 Å². The van der Waals surface area contributed by atoms with Gasteiger partial charge in [0.2, 0.25) is 0 Å². The molecule has 1 unspecified atom stereocenters. The van der Waals surface area contributed by atoms with E-state index in [1.165, 1.54) is 9.14 Å². The average Bonchev–Trinajstić information content (AvgIpc) is 2.37. The Morgan fingerprint density at radius 3 is 2.30 bits per heavy atom. The summed E-state index contributed by atoms with van der Waals surface area (Å²) in [6.07, 6.45) is 2.23. The van der Waals surface area contributed by atoms with Crippen LogP contribution in [0, 0.1) is 0 Å². The Kier molecular flexibility index (Phi) is 6.47. The molecule has 0 saturated heterocycles. The van der Waals surface area contributed by atoms with Gasteiger partial charge in [0.05, 0.1) is 6.61 Å². The fourth-order valence-electron chi connectivity index (χ4n) is 1.62. The van der Waals surface area contributed by atoms with Gasteiger partial charge in [-0.1, -0.05) is 64.1 Å². The summed E-state index contributed by atoms with van der Waals surface area (Å²) in [5, 5.41) is 0.275. The molecule has 112 valence electrons. The number of halogens is 1. The van der Waals surface area contributed by atoms with Crippen LogP contribution in [0.5, 0.6) is 0 Å². The van der Waals surface area contributed by atoms with Gasteiger partial charge in [-0.25, -0.2) is 0 Å². The first-order valence-electron chi connectivity index (χ1n) is 7.19. The van der Waals surface area contributed by atoms with Crippen molar-refractivity contribution in [1.82, 2.24) is 0 Å². The van der Waals surface area contributed by atoms with E-state index in [4.69, 9.17) is 4.43 Å². The number of allylic oxidation sites excluding steroid dienone is 1. The lowest BCUT2D eigenvalue weighted by molar-refractivity contribution is 0.327. The molecule has 0 aliphatic heterocycles. The van der Waals surface area contributed by atoms with E-state index < -0.39 is 8.32 Å². The van der Waals surface area contributed by atoms with Crippen molar-refractivity contribution in [2.45, 2.75) is 51.7 Å². The molecule has 3 heteroatoms. The predicted octanol–water partition coefficient (Wildman–Crippen LogP) is 6.13. The van der Waals surface area contributed by atoms with Gasteiger partial charge < -0.3 is 4.43 Å². The highest BCUT2D eigenvalue weighted by atomic mass is 127. The summed E-state index contributed by atoms with van der Waals surface area (Å²) < 4.78 is 7.56. The van der Waals surface area contributed by atoms with E-state index in [2.05, 4.69) is 99.8 Å². The smallest absolute Gasteiger partial charge is 0.192 e. The van der Waals surface area contributed by atoms with Crippen molar-refractivity contribution in [3.8, 4) is 0 Å². The van der Waals surface area contributed by atoms with Crippen LogP contribution in [-0.2, 0) is 4.43 Å². The third kappa shape index (κ3) is 5.01. The summed E-state index contributed by atoms with van der Waals surface area (Å²) >= 11 is 2.44. The summed E-state index contributed by atoms with van der Waals surface area (Å²) in [4.78, 5) is 0. The third-order valence-corrected chi connectivity index (χ3v) is 10.1. The van der Waals surface area contributed by atoms with E-state index in [0.29, 0.717) is 5.92 Å². The maximum absolute atomic E-state index is 6.21. The molecule has 0 aliphatic carbocycles. The predicted molar refractivity (Wildman–Crippen MR) is 100 cm³/mol. The average molecular weight is 402 g/mol. The highest BCUT2D eigenvalue weighted by Gasteiger charge is 2.36. The summed E-state index contributed by atoms with van der Waals surface area (Å²) in [7, 11) is -1.63. The van der Waals surface area contributed by atoms with Crippen molar-refractivity contribution in [2.75, 3.05) is 6.61 Å². The van der Waals surface area contributed by atoms with E-state index in [-0.39, 0.29) is 5.04 Å².